The first-order valence-corrected chi connectivity index (χ1v) is 10.8. The number of hydrogen-bond acceptors (Lipinski definition) is 5. The van der Waals surface area contributed by atoms with Gasteiger partial charge in [-0.1, -0.05) is 19.0 Å². The first-order chi connectivity index (χ1) is 13.7. The lowest BCUT2D eigenvalue weighted by Gasteiger charge is -2.27. The lowest BCUT2D eigenvalue weighted by molar-refractivity contribution is -0.131. The van der Waals surface area contributed by atoms with Gasteiger partial charge in [0.25, 0.3) is 0 Å². The molecule has 3 heterocycles. The monoisotopic (exact) mass is 403 g/mol. The highest BCUT2D eigenvalue weighted by Crippen LogP contribution is 2.24. The minimum atomic E-state index is 0.181. The molecule has 152 valence electrons. The van der Waals surface area contributed by atoms with Crippen LogP contribution in [0.3, 0.4) is 0 Å². The molecule has 8 heteroatoms. The van der Waals surface area contributed by atoms with Gasteiger partial charge in [0.15, 0.2) is 5.96 Å². The number of guanidine groups is 1. The van der Waals surface area contributed by atoms with E-state index in [0.717, 1.165) is 49.4 Å². The molecule has 2 aromatic heterocycles. The van der Waals surface area contributed by atoms with Crippen LogP contribution in [-0.2, 0) is 37.1 Å². The zero-order valence-corrected chi connectivity index (χ0v) is 17.7. The summed E-state index contributed by atoms with van der Waals surface area (Å²) in [4.78, 5) is 20.1. The first-order valence-electron chi connectivity index (χ1n) is 9.90. The molecule has 28 heavy (non-hydrogen) atoms. The van der Waals surface area contributed by atoms with E-state index in [0.29, 0.717) is 25.5 Å². The lowest BCUT2D eigenvalue weighted by Crippen LogP contribution is -2.41. The predicted octanol–water partition coefficient (Wildman–Crippen LogP) is 2.50. The second-order valence-corrected chi connectivity index (χ2v) is 7.78. The Kier molecular flexibility index (Phi) is 7.08. The zero-order valence-electron chi connectivity index (χ0n) is 16.9. The van der Waals surface area contributed by atoms with Crippen molar-refractivity contribution in [1.82, 2.24) is 20.7 Å². The van der Waals surface area contributed by atoms with Crippen molar-refractivity contribution in [3.05, 3.63) is 38.9 Å². The maximum atomic E-state index is 12.5. The van der Waals surface area contributed by atoms with E-state index in [4.69, 9.17) is 4.52 Å². The third-order valence-electron chi connectivity index (χ3n) is 5.05. The van der Waals surface area contributed by atoms with Crippen LogP contribution in [0.1, 0.15) is 47.7 Å². The van der Waals surface area contributed by atoms with Gasteiger partial charge < -0.3 is 20.1 Å². The van der Waals surface area contributed by atoms with E-state index in [1.807, 2.05) is 4.90 Å². The number of nitrogens with one attached hydrogen (secondary N) is 2. The molecule has 0 saturated carbocycles. The van der Waals surface area contributed by atoms with E-state index in [1.54, 1.807) is 18.4 Å². The van der Waals surface area contributed by atoms with Gasteiger partial charge in [-0.3, -0.25) is 9.79 Å². The van der Waals surface area contributed by atoms with E-state index in [1.165, 1.54) is 10.4 Å². The van der Waals surface area contributed by atoms with Crippen molar-refractivity contribution in [3.8, 4) is 0 Å². The minimum absolute atomic E-state index is 0.181. The predicted molar refractivity (Wildman–Crippen MR) is 112 cm³/mol. The van der Waals surface area contributed by atoms with Gasteiger partial charge in [0.2, 0.25) is 5.91 Å². The highest BCUT2D eigenvalue weighted by atomic mass is 32.1. The summed E-state index contributed by atoms with van der Waals surface area (Å²) in [5.41, 5.74) is 3.37. The van der Waals surface area contributed by atoms with Crippen LogP contribution in [0.25, 0.3) is 0 Å². The quantitative estimate of drug-likeness (QED) is 0.548. The Morgan fingerprint density at radius 1 is 1.36 bits per heavy atom. The lowest BCUT2D eigenvalue weighted by atomic mass is 10.1. The van der Waals surface area contributed by atoms with Crippen LogP contribution in [0.4, 0.5) is 0 Å². The number of carbonyl (C=O) groups is 1. The maximum Gasteiger partial charge on any atom is 0.224 e. The van der Waals surface area contributed by atoms with Gasteiger partial charge in [0.1, 0.15) is 5.76 Å². The first kappa shape index (κ1) is 20.4. The topological polar surface area (TPSA) is 82.8 Å². The van der Waals surface area contributed by atoms with Gasteiger partial charge >= 0.3 is 0 Å². The molecule has 2 N–H and O–H groups in total. The Labute approximate surface area is 170 Å². The summed E-state index contributed by atoms with van der Waals surface area (Å²) in [6.07, 6.45) is 3.07. The molecule has 0 radical (unpaired) electrons. The van der Waals surface area contributed by atoms with Crippen molar-refractivity contribution in [2.45, 2.75) is 52.6 Å². The summed E-state index contributed by atoms with van der Waals surface area (Å²) in [5, 5.41) is 12.8. The molecule has 0 saturated heterocycles. The molecule has 2 aromatic rings. The molecular formula is C20H29N5O2S. The number of fused-ring (bicyclic) bond motifs is 1. The van der Waals surface area contributed by atoms with E-state index in [-0.39, 0.29) is 5.91 Å². The van der Waals surface area contributed by atoms with Gasteiger partial charge in [0, 0.05) is 56.5 Å². The maximum absolute atomic E-state index is 12.5. The number of rotatable bonds is 7. The largest absolute Gasteiger partial charge is 0.361 e. The van der Waals surface area contributed by atoms with Gasteiger partial charge in [-0.2, -0.15) is 0 Å². The van der Waals surface area contributed by atoms with Gasteiger partial charge in [0.05, 0.1) is 5.69 Å². The normalized spacial score (nSPS) is 14.1. The van der Waals surface area contributed by atoms with Crippen LogP contribution >= 0.6 is 11.3 Å². The van der Waals surface area contributed by atoms with E-state index < -0.39 is 0 Å². The van der Waals surface area contributed by atoms with Crippen molar-refractivity contribution in [2.24, 2.45) is 4.99 Å². The number of thiophene rings is 1. The fourth-order valence-electron chi connectivity index (χ4n) is 3.44. The van der Waals surface area contributed by atoms with Crippen LogP contribution in [0.15, 0.2) is 21.0 Å². The third-order valence-corrected chi connectivity index (χ3v) is 6.08. The van der Waals surface area contributed by atoms with Crippen LogP contribution < -0.4 is 10.6 Å². The number of amides is 1. The van der Waals surface area contributed by atoms with Crippen LogP contribution in [-0.4, -0.2) is 42.1 Å². The SMILES string of the molecule is CCc1noc(CC)c1CNC(=NC)NCCC(=O)N1CCc2sccc2C1. The second-order valence-electron chi connectivity index (χ2n) is 6.77. The average Bonchev–Trinajstić information content (AvgIpc) is 3.35. The van der Waals surface area contributed by atoms with Gasteiger partial charge in [-0.15, -0.1) is 11.3 Å². The number of aryl methyl sites for hydroxylation is 2. The van der Waals surface area contributed by atoms with Crippen molar-refractivity contribution in [1.29, 1.82) is 0 Å². The highest BCUT2D eigenvalue weighted by molar-refractivity contribution is 7.10. The van der Waals surface area contributed by atoms with E-state index in [2.05, 4.69) is 46.1 Å². The molecule has 0 unspecified atom stereocenters. The van der Waals surface area contributed by atoms with Crippen LogP contribution in [0.5, 0.6) is 0 Å². The summed E-state index contributed by atoms with van der Waals surface area (Å²) < 4.78 is 5.40. The molecule has 1 aliphatic heterocycles. The molecule has 0 aliphatic carbocycles. The Bertz CT molecular complexity index is 805. The van der Waals surface area contributed by atoms with Crippen molar-refractivity contribution < 1.29 is 9.32 Å². The van der Waals surface area contributed by atoms with Crippen LogP contribution in [0.2, 0.25) is 0 Å². The minimum Gasteiger partial charge on any atom is -0.361 e. The Balaban J connectivity index is 1.45. The molecule has 7 nitrogen and oxygen atoms in total. The molecule has 3 rings (SSSR count). The Morgan fingerprint density at radius 3 is 2.96 bits per heavy atom. The molecule has 0 spiro atoms. The number of aliphatic imine (C=N–C) groups is 1. The standard InChI is InChI=1S/C20H29N5O2S/c1-4-16-15(17(5-2)27-24-16)12-23-20(21-3)22-9-6-19(26)25-10-7-18-14(13-25)8-11-28-18/h8,11H,4-7,9-10,12-13H2,1-3H3,(H2,21,22,23). The highest BCUT2D eigenvalue weighted by Gasteiger charge is 2.21. The fourth-order valence-corrected chi connectivity index (χ4v) is 4.33. The number of nitrogens with zero attached hydrogens (tertiary/aromatic N) is 3. The molecule has 1 aliphatic rings. The molecule has 0 bridgehead atoms. The van der Waals surface area contributed by atoms with Crippen molar-refractivity contribution >= 4 is 23.2 Å². The molecule has 0 atom stereocenters. The Morgan fingerprint density at radius 2 is 2.21 bits per heavy atom. The fraction of sp³-hybridized carbons (Fsp3) is 0.550. The number of carbonyl (C=O) groups excluding carboxylic acids is 1. The Hall–Kier alpha value is -2.35. The third kappa shape index (κ3) is 4.73. The number of hydrogen-bond donors (Lipinski definition) is 2. The summed E-state index contributed by atoms with van der Waals surface area (Å²) in [6.45, 7) is 6.83. The average molecular weight is 404 g/mol. The summed E-state index contributed by atoms with van der Waals surface area (Å²) in [6, 6.07) is 2.13. The van der Waals surface area contributed by atoms with Crippen molar-refractivity contribution in [2.75, 3.05) is 20.1 Å². The summed E-state index contributed by atoms with van der Waals surface area (Å²) in [7, 11) is 1.73. The summed E-state index contributed by atoms with van der Waals surface area (Å²) >= 11 is 1.79. The molecule has 1 amide bonds. The molecular weight excluding hydrogens is 374 g/mol. The smallest absolute Gasteiger partial charge is 0.224 e. The zero-order chi connectivity index (χ0) is 19.9. The number of aromatic nitrogens is 1. The van der Waals surface area contributed by atoms with Gasteiger partial charge in [-0.05, 0) is 29.9 Å². The van der Waals surface area contributed by atoms with Crippen LogP contribution in [0, 0.1) is 0 Å². The molecule has 0 aromatic carbocycles. The van der Waals surface area contributed by atoms with Gasteiger partial charge in [-0.25, -0.2) is 0 Å². The van der Waals surface area contributed by atoms with E-state index in [9.17, 15) is 4.79 Å². The van der Waals surface area contributed by atoms with E-state index >= 15 is 0 Å². The second kappa shape index (κ2) is 9.73. The summed E-state index contributed by atoms with van der Waals surface area (Å²) in [5.74, 6) is 1.77. The molecule has 0 fully saturated rings. The van der Waals surface area contributed by atoms with Crippen molar-refractivity contribution in [3.63, 3.8) is 0 Å².